The summed E-state index contributed by atoms with van der Waals surface area (Å²) in [5, 5.41) is 21.8. The first-order chi connectivity index (χ1) is 16.1. The van der Waals surface area contributed by atoms with Gasteiger partial charge in [0.1, 0.15) is 17.2 Å². The van der Waals surface area contributed by atoms with E-state index in [9.17, 15) is 14.7 Å². The number of benzene rings is 2. The van der Waals surface area contributed by atoms with Crippen molar-refractivity contribution in [2.24, 2.45) is 5.73 Å². The Morgan fingerprint density at radius 2 is 1.62 bits per heavy atom. The highest BCUT2D eigenvalue weighted by Crippen LogP contribution is 2.37. The Morgan fingerprint density at radius 1 is 1.03 bits per heavy atom. The van der Waals surface area contributed by atoms with E-state index in [1.807, 2.05) is 6.92 Å². The van der Waals surface area contributed by atoms with Gasteiger partial charge in [-0.1, -0.05) is 0 Å². The van der Waals surface area contributed by atoms with Crippen LogP contribution in [0.25, 0.3) is 0 Å². The molecule has 0 fully saturated rings. The molecule has 184 valence electrons. The lowest BCUT2D eigenvalue weighted by Gasteiger charge is -2.29. The van der Waals surface area contributed by atoms with Crippen molar-refractivity contribution in [1.82, 2.24) is 0 Å². The Hall–Kier alpha value is -3.95. The SMILES string of the molecule is CCOc1cc(CC(=O)OCNc2ccc(C(=N)N)cc2)c(OC(C)(C)C(=O)[O-])cc1OCC. The fraction of sp³-hybridized carbons (Fsp3) is 0.375. The maximum absolute atomic E-state index is 12.5. The van der Waals surface area contributed by atoms with E-state index in [-0.39, 0.29) is 24.7 Å². The molecule has 0 aromatic heterocycles. The van der Waals surface area contributed by atoms with Crippen LogP contribution in [0.5, 0.6) is 17.2 Å². The Labute approximate surface area is 198 Å². The molecule has 34 heavy (non-hydrogen) atoms. The lowest BCUT2D eigenvalue weighted by atomic mass is 10.1. The van der Waals surface area contributed by atoms with Crippen LogP contribution in [-0.2, 0) is 20.7 Å². The summed E-state index contributed by atoms with van der Waals surface area (Å²) in [5.74, 6) is -1.12. The number of carboxylic acid groups (broad SMARTS) is 1. The number of hydrogen-bond acceptors (Lipinski definition) is 9. The van der Waals surface area contributed by atoms with E-state index in [2.05, 4.69) is 5.32 Å². The summed E-state index contributed by atoms with van der Waals surface area (Å²) >= 11 is 0. The Balaban J connectivity index is 2.16. The molecule has 2 aromatic rings. The zero-order valence-corrected chi connectivity index (χ0v) is 19.7. The highest BCUT2D eigenvalue weighted by atomic mass is 16.5. The van der Waals surface area contributed by atoms with E-state index in [4.69, 9.17) is 30.1 Å². The summed E-state index contributed by atoms with van der Waals surface area (Å²) in [7, 11) is 0. The highest BCUT2D eigenvalue weighted by Gasteiger charge is 2.25. The number of aliphatic carboxylic acids is 1. The minimum Gasteiger partial charge on any atom is -0.546 e. The van der Waals surface area contributed by atoms with Crippen LogP contribution in [0.2, 0.25) is 0 Å². The van der Waals surface area contributed by atoms with E-state index in [1.165, 1.54) is 19.9 Å². The van der Waals surface area contributed by atoms with E-state index in [1.54, 1.807) is 37.3 Å². The quantitative estimate of drug-likeness (QED) is 0.171. The first-order valence-corrected chi connectivity index (χ1v) is 10.7. The maximum atomic E-state index is 12.5. The Kier molecular flexibility index (Phi) is 9.11. The van der Waals surface area contributed by atoms with Crippen molar-refractivity contribution in [2.75, 3.05) is 25.3 Å². The molecular weight excluding hydrogens is 442 g/mol. The number of carbonyl (C=O) groups excluding carboxylic acids is 2. The fourth-order valence-electron chi connectivity index (χ4n) is 2.84. The predicted molar refractivity (Wildman–Crippen MR) is 124 cm³/mol. The second-order valence-corrected chi connectivity index (χ2v) is 7.68. The van der Waals surface area contributed by atoms with Crippen LogP contribution in [-0.4, -0.2) is 43.3 Å². The van der Waals surface area contributed by atoms with Gasteiger partial charge in [-0.3, -0.25) is 10.2 Å². The minimum absolute atomic E-state index is 0.0420. The standard InChI is InChI=1S/C24H31N3O7/c1-5-31-19-11-16(18(13-20(19)32-6-2)34-24(3,4)23(29)30)12-21(28)33-14-27-17-9-7-15(8-10-17)22(25)26/h7-11,13,27H,5-6,12,14H2,1-4H3,(H3,25,26)(H,29,30)/p-1. The van der Waals surface area contributed by atoms with Crippen LogP contribution in [0, 0.1) is 5.41 Å². The minimum atomic E-state index is -1.65. The van der Waals surface area contributed by atoms with Crippen LogP contribution in [0.4, 0.5) is 5.69 Å². The molecule has 2 aromatic carbocycles. The van der Waals surface area contributed by atoms with Gasteiger partial charge in [0.15, 0.2) is 18.2 Å². The third kappa shape index (κ3) is 7.29. The Morgan fingerprint density at radius 3 is 2.15 bits per heavy atom. The third-order valence-corrected chi connectivity index (χ3v) is 4.62. The average Bonchev–Trinajstić information content (AvgIpc) is 2.77. The van der Waals surface area contributed by atoms with Crippen molar-refractivity contribution >= 4 is 23.5 Å². The van der Waals surface area contributed by atoms with Crippen molar-refractivity contribution in [2.45, 2.75) is 39.7 Å². The number of amidine groups is 1. The van der Waals surface area contributed by atoms with Gasteiger partial charge in [0.05, 0.1) is 25.6 Å². The summed E-state index contributed by atoms with van der Waals surface area (Å²) in [6.45, 7) is 6.92. The zero-order chi connectivity index (χ0) is 25.3. The number of nitrogens with two attached hydrogens (primary N) is 1. The van der Waals surface area contributed by atoms with Crippen molar-refractivity contribution in [1.29, 1.82) is 5.41 Å². The van der Waals surface area contributed by atoms with Crippen molar-refractivity contribution in [3.63, 3.8) is 0 Å². The molecule has 0 radical (unpaired) electrons. The van der Waals surface area contributed by atoms with Crippen LogP contribution >= 0.6 is 0 Å². The van der Waals surface area contributed by atoms with E-state index in [0.29, 0.717) is 41.5 Å². The zero-order valence-electron chi connectivity index (χ0n) is 19.7. The van der Waals surface area contributed by atoms with Gasteiger partial charge in [-0.15, -0.1) is 0 Å². The summed E-state index contributed by atoms with van der Waals surface area (Å²) in [6.07, 6.45) is -0.199. The monoisotopic (exact) mass is 472 g/mol. The number of nitrogen functional groups attached to an aromatic ring is 1. The molecule has 0 saturated carbocycles. The van der Waals surface area contributed by atoms with Crippen LogP contribution < -0.4 is 30.4 Å². The number of ether oxygens (including phenoxy) is 4. The van der Waals surface area contributed by atoms with Gasteiger partial charge in [-0.25, -0.2) is 0 Å². The number of anilines is 1. The molecule has 10 heteroatoms. The molecule has 0 aliphatic carbocycles. The van der Waals surface area contributed by atoms with Crippen LogP contribution in [0.15, 0.2) is 36.4 Å². The smallest absolute Gasteiger partial charge is 0.312 e. The number of carbonyl (C=O) groups is 2. The van der Waals surface area contributed by atoms with Crippen molar-refractivity contribution < 1.29 is 33.6 Å². The molecule has 0 aliphatic rings. The lowest BCUT2D eigenvalue weighted by Crippen LogP contribution is -2.48. The first-order valence-electron chi connectivity index (χ1n) is 10.7. The molecule has 0 spiro atoms. The molecular formula is C24H30N3O7-. The van der Waals surface area contributed by atoms with Crippen LogP contribution in [0.3, 0.4) is 0 Å². The summed E-state index contributed by atoms with van der Waals surface area (Å²) < 4.78 is 22.1. The molecule has 0 bridgehead atoms. The largest absolute Gasteiger partial charge is 0.546 e. The third-order valence-electron chi connectivity index (χ3n) is 4.62. The van der Waals surface area contributed by atoms with Gasteiger partial charge < -0.3 is 39.9 Å². The molecule has 0 saturated heterocycles. The van der Waals surface area contributed by atoms with E-state index in [0.717, 1.165) is 0 Å². The molecule has 0 amide bonds. The molecule has 0 heterocycles. The Bertz CT molecular complexity index is 1020. The summed E-state index contributed by atoms with van der Waals surface area (Å²) in [4.78, 5) is 24.0. The molecule has 10 nitrogen and oxygen atoms in total. The summed E-state index contributed by atoms with van der Waals surface area (Å²) in [6, 6.07) is 9.83. The van der Waals surface area contributed by atoms with Gasteiger partial charge in [-0.05, 0) is 58.0 Å². The first kappa shape index (κ1) is 26.3. The fourth-order valence-corrected chi connectivity index (χ4v) is 2.84. The topological polar surface area (TPSA) is 156 Å². The number of esters is 1. The van der Waals surface area contributed by atoms with Crippen LogP contribution in [0.1, 0.15) is 38.8 Å². The predicted octanol–water partition coefficient (Wildman–Crippen LogP) is 1.83. The second kappa shape index (κ2) is 11.8. The van der Waals surface area contributed by atoms with E-state index >= 15 is 0 Å². The van der Waals surface area contributed by atoms with Gasteiger partial charge in [-0.2, -0.15) is 0 Å². The maximum Gasteiger partial charge on any atom is 0.312 e. The summed E-state index contributed by atoms with van der Waals surface area (Å²) in [5.41, 5.74) is 5.41. The van der Waals surface area contributed by atoms with Gasteiger partial charge in [0, 0.05) is 22.9 Å². The molecule has 4 N–H and O–H groups in total. The number of nitrogens with one attached hydrogen (secondary N) is 2. The number of carboxylic acids is 1. The molecule has 0 unspecified atom stereocenters. The number of hydrogen-bond donors (Lipinski definition) is 3. The second-order valence-electron chi connectivity index (χ2n) is 7.68. The lowest BCUT2D eigenvalue weighted by molar-refractivity contribution is -0.320. The molecule has 0 atom stereocenters. The highest BCUT2D eigenvalue weighted by molar-refractivity contribution is 5.95. The van der Waals surface area contributed by atoms with Gasteiger partial charge in [0.2, 0.25) is 0 Å². The van der Waals surface area contributed by atoms with Gasteiger partial charge >= 0.3 is 5.97 Å². The molecule has 0 aliphatic heterocycles. The van der Waals surface area contributed by atoms with E-state index < -0.39 is 17.5 Å². The number of rotatable bonds is 13. The van der Waals surface area contributed by atoms with Crippen molar-refractivity contribution in [3.05, 3.63) is 47.5 Å². The normalized spacial score (nSPS) is 10.8. The van der Waals surface area contributed by atoms with Gasteiger partial charge in [0.25, 0.3) is 0 Å². The molecule has 2 rings (SSSR count). The average molecular weight is 473 g/mol. The van der Waals surface area contributed by atoms with Crippen molar-refractivity contribution in [3.8, 4) is 17.2 Å².